The molecular formula is C19H15BrO4. The van der Waals surface area contributed by atoms with Gasteiger partial charge in [0.1, 0.15) is 11.5 Å². The molecular weight excluding hydrogens is 372 g/mol. The zero-order chi connectivity index (χ0) is 17.3. The summed E-state index contributed by atoms with van der Waals surface area (Å²) >= 11 is 3.44. The largest absolute Gasteiger partial charge is 0.452 e. The number of fused-ring (bicyclic) bond motifs is 1. The summed E-state index contributed by atoms with van der Waals surface area (Å²) in [5, 5.41) is 0. The van der Waals surface area contributed by atoms with Crippen molar-refractivity contribution in [1.29, 1.82) is 0 Å². The van der Waals surface area contributed by atoms with E-state index in [2.05, 4.69) is 15.9 Å². The van der Waals surface area contributed by atoms with E-state index in [9.17, 15) is 9.59 Å². The SMILES string of the molecule is CC(C)C(=O)Oc1ccc2c(c1)OC(=Cc1ccccc1Br)C2=O. The molecule has 5 heteroatoms. The van der Waals surface area contributed by atoms with Crippen molar-refractivity contribution in [1.82, 2.24) is 0 Å². The summed E-state index contributed by atoms with van der Waals surface area (Å²) in [6.45, 7) is 3.52. The van der Waals surface area contributed by atoms with Crippen LogP contribution in [-0.2, 0) is 4.79 Å². The molecule has 122 valence electrons. The van der Waals surface area contributed by atoms with Crippen molar-refractivity contribution in [3.8, 4) is 11.5 Å². The third-order valence-corrected chi connectivity index (χ3v) is 4.25. The standard InChI is InChI=1S/C19H15BrO4/c1-11(2)19(22)23-13-7-8-14-16(10-13)24-17(18(14)21)9-12-5-3-4-6-15(12)20/h3-11H,1-2H3. The molecule has 0 atom stereocenters. The number of hydrogen-bond donors (Lipinski definition) is 0. The first-order valence-electron chi connectivity index (χ1n) is 7.50. The molecule has 2 aromatic carbocycles. The molecule has 4 nitrogen and oxygen atoms in total. The molecule has 0 saturated carbocycles. The molecule has 1 aliphatic rings. The molecule has 0 spiro atoms. The van der Waals surface area contributed by atoms with Crippen molar-refractivity contribution >= 4 is 33.8 Å². The maximum Gasteiger partial charge on any atom is 0.313 e. The first-order valence-corrected chi connectivity index (χ1v) is 8.29. The monoisotopic (exact) mass is 386 g/mol. The lowest BCUT2D eigenvalue weighted by atomic mass is 10.1. The summed E-state index contributed by atoms with van der Waals surface area (Å²) in [7, 11) is 0. The fraction of sp³-hybridized carbons (Fsp3) is 0.158. The zero-order valence-electron chi connectivity index (χ0n) is 13.2. The quantitative estimate of drug-likeness (QED) is 0.438. The van der Waals surface area contributed by atoms with Crippen molar-refractivity contribution in [3.05, 3.63) is 63.8 Å². The van der Waals surface area contributed by atoms with Gasteiger partial charge in [0.25, 0.3) is 0 Å². The molecule has 0 unspecified atom stereocenters. The minimum absolute atomic E-state index is 0.192. The van der Waals surface area contributed by atoms with Gasteiger partial charge in [-0.25, -0.2) is 0 Å². The smallest absolute Gasteiger partial charge is 0.313 e. The number of carbonyl (C=O) groups is 2. The van der Waals surface area contributed by atoms with E-state index in [0.717, 1.165) is 10.0 Å². The number of halogens is 1. The van der Waals surface area contributed by atoms with Gasteiger partial charge in [-0.3, -0.25) is 9.59 Å². The molecule has 0 saturated heterocycles. The third kappa shape index (κ3) is 3.26. The van der Waals surface area contributed by atoms with Crippen LogP contribution in [0.2, 0.25) is 0 Å². The van der Waals surface area contributed by atoms with Gasteiger partial charge in [-0.1, -0.05) is 48.0 Å². The highest BCUT2D eigenvalue weighted by molar-refractivity contribution is 9.10. The van der Waals surface area contributed by atoms with Crippen LogP contribution in [0.25, 0.3) is 6.08 Å². The number of allylic oxidation sites excluding steroid dienone is 1. The molecule has 0 radical (unpaired) electrons. The lowest BCUT2D eigenvalue weighted by Gasteiger charge is -2.07. The number of ketones is 1. The van der Waals surface area contributed by atoms with Gasteiger partial charge in [0, 0.05) is 10.5 Å². The number of rotatable bonds is 3. The molecule has 0 aromatic heterocycles. The molecule has 1 aliphatic heterocycles. The lowest BCUT2D eigenvalue weighted by molar-refractivity contribution is -0.137. The Hall–Kier alpha value is -2.40. The van der Waals surface area contributed by atoms with E-state index in [1.165, 1.54) is 0 Å². The number of ether oxygens (including phenoxy) is 2. The maximum absolute atomic E-state index is 12.4. The minimum Gasteiger partial charge on any atom is -0.452 e. The molecule has 24 heavy (non-hydrogen) atoms. The Morgan fingerprint density at radius 1 is 1.21 bits per heavy atom. The Morgan fingerprint density at radius 3 is 2.67 bits per heavy atom. The van der Waals surface area contributed by atoms with E-state index >= 15 is 0 Å². The highest BCUT2D eigenvalue weighted by atomic mass is 79.9. The van der Waals surface area contributed by atoms with Crippen molar-refractivity contribution < 1.29 is 19.1 Å². The van der Waals surface area contributed by atoms with Crippen LogP contribution in [0.15, 0.2) is 52.7 Å². The summed E-state index contributed by atoms with van der Waals surface area (Å²) in [4.78, 5) is 24.1. The fourth-order valence-electron chi connectivity index (χ4n) is 2.20. The first-order chi connectivity index (χ1) is 11.5. The Bertz CT molecular complexity index is 852. The van der Waals surface area contributed by atoms with E-state index in [1.54, 1.807) is 38.1 Å². The predicted molar refractivity (Wildman–Crippen MR) is 94.0 cm³/mol. The second-order valence-corrected chi connectivity index (χ2v) is 6.55. The van der Waals surface area contributed by atoms with Crippen LogP contribution >= 0.6 is 15.9 Å². The normalized spacial score (nSPS) is 14.7. The van der Waals surface area contributed by atoms with Crippen molar-refractivity contribution in [2.75, 3.05) is 0 Å². The summed E-state index contributed by atoms with van der Waals surface area (Å²) in [5.74, 6) is 0.247. The van der Waals surface area contributed by atoms with Crippen LogP contribution in [0.1, 0.15) is 29.8 Å². The van der Waals surface area contributed by atoms with Crippen molar-refractivity contribution in [2.45, 2.75) is 13.8 Å². The fourth-order valence-corrected chi connectivity index (χ4v) is 2.60. The second-order valence-electron chi connectivity index (χ2n) is 5.70. The van der Waals surface area contributed by atoms with Crippen LogP contribution in [0, 0.1) is 5.92 Å². The highest BCUT2D eigenvalue weighted by Crippen LogP contribution is 2.35. The van der Waals surface area contributed by atoms with Gasteiger partial charge in [0.15, 0.2) is 5.76 Å². The lowest BCUT2D eigenvalue weighted by Crippen LogP contribution is -2.14. The van der Waals surface area contributed by atoms with E-state index in [1.807, 2.05) is 24.3 Å². The van der Waals surface area contributed by atoms with Crippen molar-refractivity contribution in [3.63, 3.8) is 0 Å². The number of carbonyl (C=O) groups excluding carboxylic acids is 2. The number of Topliss-reactive ketones (excluding diaryl/α,β-unsaturated/α-hetero) is 1. The molecule has 0 aliphatic carbocycles. The number of hydrogen-bond acceptors (Lipinski definition) is 4. The highest BCUT2D eigenvalue weighted by Gasteiger charge is 2.28. The molecule has 0 bridgehead atoms. The summed E-state index contributed by atoms with van der Waals surface area (Å²) < 4.78 is 11.8. The average molecular weight is 387 g/mol. The van der Waals surface area contributed by atoms with E-state index < -0.39 is 0 Å². The molecule has 1 heterocycles. The molecule has 0 amide bonds. The van der Waals surface area contributed by atoms with Gasteiger partial charge in [-0.15, -0.1) is 0 Å². The predicted octanol–water partition coefficient (Wildman–Crippen LogP) is 4.63. The number of esters is 1. The van der Waals surface area contributed by atoms with Crippen LogP contribution in [0.3, 0.4) is 0 Å². The van der Waals surface area contributed by atoms with E-state index in [-0.39, 0.29) is 23.4 Å². The van der Waals surface area contributed by atoms with E-state index in [0.29, 0.717) is 17.1 Å². The third-order valence-electron chi connectivity index (χ3n) is 3.52. The maximum atomic E-state index is 12.4. The van der Waals surface area contributed by atoms with Crippen molar-refractivity contribution in [2.24, 2.45) is 5.92 Å². The van der Waals surface area contributed by atoms with E-state index in [4.69, 9.17) is 9.47 Å². The second kappa shape index (κ2) is 6.61. The van der Waals surface area contributed by atoms with Crippen LogP contribution in [0.4, 0.5) is 0 Å². The Kier molecular flexibility index (Phi) is 4.53. The average Bonchev–Trinajstić information content (AvgIpc) is 2.85. The van der Waals surface area contributed by atoms with Crippen LogP contribution in [-0.4, -0.2) is 11.8 Å². The van der Waals surface area contributed by atoms with Crippen LogP contribution in [0.5, 0.6) is 11.5 Å². The number of benzene rings is 2. The van der Waals surface area contributed by atoms with Gasteiger partial charge in [0.2, 0.25) is 5.78 Å². The molecule has 0 N–H and O–H groups in total. The Morgan fingerprint density at radius 2 is 1.96 bits per heavy atom. The topological polar surface area (TPSA) is 52.6 Å². The molecule has 0 fully saturated rings. The minimum atomic E-state index is -0.330. The summed E-state index contributed by atoms with van der Waals surface area (Å²) in [6.07, 6.45) is 1.69. The summed E-state index contributed by atoms with van der Waals surface area (Å²) in [6, 6.07) is 12.3. The van der Waals surface area contributed by atoms with Gasteiger partial charge in [0.05, 0.1) is 11.5 Å². The van der Waals surface area contributed by atoms with Gasteiger partial charge >= 0.3 is 5.97 Å². The van der Waals surface area contributed by atoms with Crippen LogP contribution < -0.4 is 9.47 Å². The molecule has 2 aromatic rings. The van der Waals surface area contributed by atoms with Gasteiger partial charge < -0.3 is 9.47 Å². The van der Waals surface area contributed by atoms with Gasteiger partial charge in [-0.2, -0.15) is 0 Å². The Labute approximate surface area is 148 Å². The van der Waals surface area contributed by atoms with Gasteiger partial charge in [-0.05, 0) is 29.8 Å². The zero-order valence-corrected chi connectivity index (χ0v) is 14.8. The molecule has 3 rings (SSSR count). The Balaban J connectivity index is 1.88. The summed E-state index contributed by atoms with van der Waals surface area (Å²) in [5.41, 5.74) is 1.30. The first kappa shape index (κ1) is 16.5.